The Kier molecular flexibility index (Phi) is 3.52. The van der Waals surface area contributed by atoms with Gasteiger partial charge in [-0.3, -0.25) is 4.90 Å². The molecule has 19 heavy (non-hydrogen) atoms. The van der Waals surface area contributed by atoms with E-state index in [1.807, 2.05) is 19.3 Å². The number of likely N-dealkylation sites (N-methyl/N-ethyl adjacent to an activating group) is 1. The topological polar surface area (TPSA) is 53.5 Å². The molecule has 6 nitrogen and oxygen atoms in total. The van der Waals surface area contributed by atoms with Crippen molar-refractivity contribution < 1.29 is 4.74 Å². The monoisotopic (exact) mass is 263 g/mol. The fraction of sp³-hybridized carbons (Fsp3) is 0.692. The summed E-state index contributed by atoms with van der Waals surface area (Å²) in [6, 6.07) is 2.31. The molecule has 0 aromatic carbocycles. The van der Waals surface area contributed by atoms with Crippen molar-refractivity contribution in [3.8, 4) is 0 Å². The molecule has 0 amide bonds. The van der Waals surface area contributed by atoms with Crippen LogP contribution in [0.25, 0.3) is 0 Å². The maximum Gasteiger partial charge on any atom is 0.227 e. The summed E-state index contributed by atoms with van der Waals surface area (Å²) < 4.78 is 5.74. The van der Waals surface area contributed by atoms with Crippen LogP contribution in [0, 0.1) is 5.92 Å². The van der Waals surface area contributed by atoms with E-state index in [4.69, 9.17) is 4.74 Å². The van der Waals surface area contributed by atoms with E-state index in [9.17, 15) is 0 Å². The molecule has 1 N–H and O–H groups in total. The predicted molar refractivity (Wildman–Crippen MR) is 74.5 cm³/mol. The summed E-state index contributed by atoms with van der Waals surface area (Å²) >= 11 is 0. The molecule has 3 rings (SSSR count). The first-order valence-corrected chi connectivity index (χ1v) is 6.80. The highest BCUT2D eigenvalue weighted by Crippen LogP contribution is 2.21. The van der Waals surface area contributed by atoms with Crippen LogP contribution in [0.3, 0.4) is 0 Å². The molecule has 1 aromatic rings. The number of ether oxygens (including phenoxy) is 1. The maximum absolute atomic E-state index is 5.74. The van der Waals surface area contributed by atoms with Crippen molar-refractivity contribution >= 4 is 11.8 Å². The van der Waals surface area contributed by atoms with Crippen LogP contribution in [0.2, 0.25) is 0 Å². The lowest BCUT2D eigenvalue weighted by Crippen LogP contribution is -2.42. The molecule has 0 radical (unpaired) electrons. The number of anilines is 2. The molecule has 2 fully saturated rings. The van der Waals surface area contributed by atoms with Gasteiger partial charge in [-0.25, -0.2) is 4.98 Å². The molecular formula is C13H21N5O. The number of nitrogens with zero attached hydrogens (tertiary/aromatic N) is 4. The first-order valence-electron chi connectivity index (χ1n) is 6.80. The van der Waals surface area contributed by atoms with Gasteiger partial charge in [-0.05, 0) is 13.1 Å². The van der Waals surface area contributed by atoms with Gasteiger partial charge in [-0.1, -0.05) is 0 Å². The van der Waals surface area contributed by atoms with Crippen molar-refractivity contribution in [2.24, 2.45) is 5.92 Å². The molecule has 6 heteroatoms. The lowest BCUT2D eigenvalue weighted by Gasteiger charge is -2.29. The Morgan fingerprint density at radius 3 is 3.05 bits per heavy atom. The predicted octanol–water partition coefficient (Wildman–Crippen LogP) is 0.285. The van der Waals surface area contributed by atoms with E-state index in [1.54, 1.807) is 0 Å². The Balaban J connectivity index is 1.84. The van der Waals surface area contributed by atoms with E-state index in [2.05, 4.69) is 32.1 Å². The Morgan fingerprint density at radius 1 is 1.32 bits per heavy atom. The van der Waals surface area contributed by atoms with E-state index in [0.29, 0.717) is 12.0 Å². The summed E-state index contributed by atoms with van der Waals surface area (Å²) in [4.78, 5) is 13.7. The second-order valence-electron chi connectivity index (χ2n) is 5.39. The van der Waals surface area contributed by atoms with Gasteiger partial charge in [-0.2, -0.15) is 4.98 Å². The third-order valence-electron chi connectivity index (χ3n) is 3.92. The quantitative estimate of drug-likeness (QED) is 0.827. The molecule has 3 heterocycles. The van der Waals surface area contributed by atoms with Crippen LogP contribution < -0.4 is 10.2 Å². The van der Waals surface area contributed by atoms with Crippen LogP contribution in [-0.4, -0.2) is 67.9 Å². The van der Waals surface area contributed by atoms with Gasteiger partial charge in [0.25, 0.3) is 0 Å². The molecule has 0 aliphatic carbocycles. The normalized spacial score (nSPS) is 28.0. The zero-order valence-electron chi connectivity index (χ0n) is 11.5. The Hall–Kier alpha value is -1.40. The van der Waals surface area contributed by atoms with Crippen LogP contribution in [0.1, 0.15) is 0 Å². The summed E-state index contributed by atoms with van der Waals surface area (Å²) in [5, 5.41) is 3.07. The largest absolute Gasteiger partial charge is 0.379 e. The van der Waals surface area contributed by atoms with Gasteiger partial charge in [0.05, 0.1) is 19.3 Å². The van der Waals surface area contributed by atoms with E-state index in [1.165, 1.54) is 0 Å². The van der Waals surface area contributed by atoms with Crippen LogP contribution in [0.4, 0.5) is 11.8 Å². The number of aromatic nitrogens is 2. The first-order chi connectivity index (χ1) is 9.26. The van der Waals surface area contributed by atoms with Crippen molar-refractivity contribution in [1.82, 2.24) is 14.9 Å². The number of hydrogen-bond acceptors (Lipinski definition) is 6. The average molecular weight is 263 g/mol. The summed E-state index contributed by atoms with van der Waals surface area (Å²) in [5.74, 6) is 2.21. The SMILES string of the molecule is CNc1ccnc(N2C[C@@H]3COC[C@H](C2)N(C)C3)n1. The minimum Gasteiger partial charge on any atom is -0.379 e. The van der Waals surface area contributed by atoms with E-state index in [0.717, 1.165) is 44.6 Å². The minimum atomic E-state index is 0.425. The third kappa shape index (κ3) is 2.64. The van der Waals surface area contributed by atoms with Crippen LogP contribution >= 0.6 is 0 Å². The number of rotatable bonds is 2. The highest BCUT2D eigenvalue weighted by Gasteiger charge is 2.32. The molecule has 1 aromatic heterocycles. The highest BCUT2D eigenvalue weighted by atomic mass is 16.5. The average Bonchev–Trinajstić information content (AvgIpc) is 2.67. The molecule has 2 atom stereocenters. The summed E-state index contributed by atoms with van der Waals surface area (Å²) in [6.07, 6.45) is 1.81. The van der Waals surface area contributed by atoms with Crippen LogP contribution in [-0.2, 0) is 4.74 Å². The maximum atomic E-state index is 5.74. The molecule has 2 saturated heterocycles. The van der Waals surface area contributed by atoms with Crippen molar-refractivity contribution in [3.05, 3.63) is 12.3 Å². The van der Waals surface area contributed by atoms with Gasteiger partial charge < -0.3 is 15.0 Å². The zero-order chi connectivity index (χ0) is 13.2. The number of nitrogens with one attached hydrogen (secondary N) is 1. The number of fused-ring (bicyclic) bond motifs is 3. The minimum absolute atomic E-state index is 0.425. The molecule has 0 unspecified atom stereocenters. The Morgan fingerprint density at radius 2 is 2.21 bits per heavy atom. The Bertz CT molecular complexity index is 441. The van der Waals surface area contributed by atoms with Crippen molar-refractivity contribution in [2.45, 2.75) is 6.04 Å². The summed E-state index contributed by atoms with van der Waals surface area (Å²) in [6.45, 7) is 4.62. The van der Waals surface area contributed by atoms with Crippen molar-refractivity contribution in [1.29, 1.82) is 0 Å². The van der Waals surface area contributed by atoms with E-state index < -0.39 is 0 Å². The fourth-order valence-electron chi connectivity index (χ4n) is 2.85. The molecule has 2 aliphatic heterocycles. The molecule has 2 aliphatic rings. The van der Waals surface area contributed by atoms with E-state index in [-0.39, 0.29) is 0 Å². The zero-order valence-corrected chi connectivity index (χ0v) is 11.5. The molecular weight excluding hydrogens is 242 g/mol. The standard InChI is InChI=1S/C13H21N5O/c1-14-12-3-4-15-13(16-12)18-6-10-5-17(2)11(7-18)9-19-8-10/h3-4,10-11H,5-9H2,1-2H3,(H,14,15,16)/t10-,11+/m1/s1. The van der Waals surface area contributed by atoms with Gasteiger partial charge in [0.15, 0.2) is 0 Å². The molecule has 0 spiro atoms. The van der Waals surface area contributed by atoms with Gasteiger partial charge in [-0.15, -0.1) is 0 Å². The van der Waals surface area contributed by atoms with Crippen molar-refractivity contribution in [3.63, 3.8) is 0 Å². The van der Waals surface area contributed by atoms with Gasteiger partial charge in [0, 0.05) is 38.8 Å². The summed E-state index contributed by atoms with van der Waals surface area (Å²) in [7, 11) is 4.06. The third-order valence-corrected chi connectivity index (χ3v) is 3.92. The first kappa shape index (κ1) is 12.6. The van der Waals surface area contributed by atoms with Gasteiger partial charge in [0.1, 0.15) is 5.82 Å². The highest BCUT2D eigenvalue weighted by molar-refractivity contribution is 5.41. The smallest absolute Gasteiger partial charge is 0.227 e. The van der Waals surface area contributed by atoms with Crippen LogP contribution in [0.15, 0.2) is 12.3 Å². The molecule has 104 valence electrons. The Labute approximate surface area is 113 Å². The second-order valence-corrected chi connectivity index (χ2v) is 5.39. The number of hydrogen-bond donors (Lipinski definition) is 1. The summed E-state index contributed by atoms with van der Waals surface area (Å²) in [5.41, 5.74) is 0. The fourth-order valence-corrected chi connectivity index (χ4v) is 2.85. The van der Waals surface area contributed by atoms with Gasteiger partial charge >= 0.3 is 0 Å². The molecule has 2 bridgehead atoms. The van der Waals surface area contributed by atoms with Crippen LogP contribution in [0.5, 0.6) is 0 Å². The van der Waals surface area contributed by atoms with E-state index >= 15 is 0 Å². The lowest BCUT2D eigenvalue weighted by molar-refractivity contribution is 0.0928. The lowest BCUT2D eigenvalue weighted by atomic mass is 10.1. The van der Waals surface area contributed by atoms with Crippen molar-refractivity contribution in [2.75, 3.05) is 57.2 Å². The van der Waals surface area contributed by atoms with Gasteiger partial charge in [0.2, 0.25) is 5.95 Å². The molecule has 0 saturated carbocycles. The second kappa shape index (κ2) is 5.30.